The molecule has 0 saturated carbocycles. The lowest BCUT2D eigenvalue weighted by molar-refractivity contribution is 0.0697. The summed E-state index contributed by atoms with van der Waals surface area (Å²) < 4.78 is 0. The van der Waals surface area contributed by atoms with Gasteiger partial charge in [0.25, 0.3) is 0 Å². The van der Waals surface area contributed by atoms with E-state index in [1.165, 1.54) is 0 Å². The van der Waals surface area contributed by atoms with Crippen LogP contribution in [0.5, 0.6) is 0 Å². The summed E-state index contributed by atoms with van der Waals surface area (Å²) in [7, 11) is 0. The summed E-state index contributed by atoms with van der Waals surface area (Å²) >= 11 is 7.75. The Balaban J connectivity index is 2.12. The Morgan fingerprint density at radius 1 is 1.26 bits per heavy atom. The first-order chi connectivity index (χ1) is 9.08. The van der Waals surface area contributed by atoms with E-state index in [1.54, 1.807) is 23.9 Å². The van der Waals surface area contributed by atoms with E-state index in [0.717, 1.165) is 26.8 Å². The van der Waals surface area contributed by atoms with E-state index >= 15 is 0 Å². The van der Waals surface area contributed by atoms with Crippen molar-refractivity contribution in [1.29, 1.82) is 0 Å². The van der Waals surface area contributed by atoms with E-state index < -0.39 is 5.97 Å². The van der Waals surface area contributed by atoms with Crippen LogP contribution in [-0.4, -0.2) is 11.1 Å². The second kappa shape index (κ2) is 6.13. The summed E-state index contributed by atoms with van der Waals surface area (Å²) in [5.41, 5.74) is 2.43. The Kier molecular flexibility index (Phi) is 4.51. The summed E-state index contributed by atoms with van der Waals surface area (Å²) in [5.74, 6) is -0.122. The van der Waals surface area contributed by atoms with Gasteiger partial charge in [-0.1, -0.05) is 29.8 Å². The number of aromatic carboxylic acids is 1. The molecular weight excluding hydrogens is 280 g/mol. The van der Waals surface area contributed by atoms with Gasteiger partial charge in [0.15, 0.2) is 0 Å². The number of rotatable bonds is 4. The Morgan fingerprint density at radius 2 is 2.00 bits per heavy atom. The fourth-order valence-electron chi connectivity index (χ4n) is 1.71. The highest BCUT2D eigenvalue weighted by Gasteiger charge is 2.07. The van der Waals surface area contributed by atoms with Gasteiger partial charge in [-0.15, -0.1) is 11.8 Å². The van der Waals surface area contributed by atoms with Gasteiger partial charge in [0, 0.05) is 10.6 Å². The van der Waals surface area contributed by atoms with Crippen LogP contribution in [-0.2, 0) is 5.75 Å². The molecule has 0 aromatic heterocycles. The standard InChI is InChI=1S/C15H13ClO2S/c1-10-8-11(15(17)18)6-7-12(10)9-19-14-5-3-2-4-13(14)16/h2-8H,9H2,1H3,(H,17,18). The molecule has 0 saturated heterocycles. The second-order valence-corrected chi connectivity index (χ2v) is 5.59. The van der Waals surface area contributed by atoms with Gasteiger partial charge in [-0.25, -0.2) is 4.79 Å². The van der Waals surface area contributed by atoms with E-state index in [2.05, 4.69) is 0 Å². The molecule has 19 heavy (non-hydrogen) atoms. The molecule has 2 aromatic rings. The van der Waals surface area contributed by atoms with Crippen LogP contribution in [0.25, 0.3) is 0 Å². The van der Waals surface area contributed by atoms with E-state index in [4.69, 9.17) is 16.7 Å². The summed E-state index contributed by atoms with van der Waals surface area (Å²) in [4.78, 5) is 11.9. The average molecular weight is 293 g/mol. The lowest BCUT2D eigenvalue weighted by Gasteiger charge is -2.08. The molecule has 0 aliphatic heterocycles. The van der Waals surface area contributed by atoms with E-state index in [-0.39, 0.29) is 0 Å². The first kappa shape index (κ1) is 14.0. The summed E-state index contributed by atoms with van der Waals surface area (Å²) in [6, 6.07) is 12.9. The van der Waals surface area contributed by atoms with Crippen LogP contribution in [0, 0.1) is 6.92 Å². The topological polar surface area (TPSA) is 37.3 Å². The summed E-state index contributed by atoms with van der Waals surface area (Å²) in [5, 5.41) is 9.66. The quantitative estimate of drug-likeness (QED) is 0.834. The molecular formula is C15H13ClO2S. The predicted octanol–water partition coefficient (Wildman–Crippen LogP) is 4.64. The van der Waals surface area contributed by atoms with E-state index in [0.29, 0.717) is 5.56 Å². The zero-order valence-electron chi connectivity index (χ0n) is 10.4. The van der Waals surface area contributed by atoms with Crippen LogP contribution in [0.3, 0.4) is 0 Å². The summed E-state index contributed by atoms with van der Waals surface area (Å²) in [6.45, 7) is 1.93. The predicted molar refractivity (Wildman–Crippen MR) is 79.2 cm³/mol. The van der Waals surface area contributed by atoms with Gasteiger partial charge >= 0.3 is 5.97 Å². The van der Waals surface area contributed by atoms with Crippen molar-refractivity contribution in [1.82, 2.24) is 0 Å². The van der Waals surface area contributed by atoms with Crippen LogP contribution in [0.2, 0.25) is 5.02 Å². The largest absolute Gasteiger partial charge is 0.478 e. The molecule has 98 valence electrons. The summed E-state index contributed by atoms with van der Waals surface area (Å²) in [6.07, 6.45) is 0. The normalized spacial score (nSPS) is 10.4. The molecule has 0 spiro atoms. The highest BCUT2D eigenvalue weighted by molar-refractivity contribution is 7.98. The molecule has 0 atom stereocenters. The zero-order chi connectivity index (χ0) is 13.8. The van der Waals surface area contributed by atoms with Gasteiger partial charge in [-0.3, -0.25) is 0 Å². The number of thioether (sulfide) groups is 1. The number of carbonyl (C=O) groups is 1. The maximum atomic E-state index is 10.9. The van der Waals surface area contributed by atoms with E-state index in [1.807, 2.05) is 37.3 Å². The Bertz CT molecular complexity index is 611. The Labute approximate surface area is 121 Å². The van der Waals surface area contributed by atoms with Crippen LogP contribution in [0.15, 0.2) is 47.4 Å². The monoisotopic (exact) mass is 292 g/mol. The minimum Gasteiger partial charge on any atom is -0.478 e. The number of hydrogen-bond donors (Lipinski definition) is 1. The molecule has 0 unspecified atom stereocenters. The smallest absolute Gasteiger partial charge is 0.335 e. The first-order valence-corrected chi connectivity index (χ1v) is 7.14. The molecule has 0 fully saturated rings. The van der Waals surface area contributed by atoms with Crippen molar-refractivity contribution in [2.75, 3.05) is 0 Å². The van der Waals surface area contributed by atoms with Crippen LogP contribution < -0.4 is 0 Å². The minimum atomic E-state index is -0.895. The van der Waals surface area contributed by atoms with Crippen molar-refractivity contribution in [3.8, 4) is 0 Å². The second-order valence-electron chi connectivity index (χ2n) is 4.17. The number of hydrogen-bond acceptors (Lipinski definition) is 2. The molecule has 0 amide bonds. The first-order valence-electron chi connectivity index (χ1n) is 5.78. The molecule has 4 heteroatoms. The molecule has 0 radical (unpaired) electrons. The minimum absolute atomic E-state index is 0.323. The maximum Gasteiger partial charge on any atom is 0.335 e. The van der Waals surface area contributed by atoms with Crippen molar-refractivity contribution in [3.63, 3.8) is 0 Å². The Morgan fingerprint density at radius 3 is 2.63 bits per heavy atom. The fraction of sp³-hybridized carbons (Fsp3) is 0.133. The SMILES string of the molecule is Cc1cc(C(=O)O)ccc1CSc1ccccc1Cl. The van der Waals surface area contributed by atoms with Crippen LogP contribution in [0.1, 0.15) is 21.5 Å². The molecule has 0 aliphatic carbocycles. The third-order valence-corrected chi connectivity index (χ3v) is 4.37. The molecule has 0 aliphatic rings. The van der Waals surface area contributed by atoms with Crippen molar-refractivity contribution < 1.29 is 9.90 Å². The molecule has 1 N–H and O–H groups in total. The van der Waals surface area contributed by atoms with Crippen molar-refractivity contribution in [2.24, 2.45) is 0 Å². The highest BCUT2D eigenvalue weighted by Crippen LogP contribution is 2.30. The third-order valence-electron chi connectivity index (χ3n) is 2.81. The molecule has 2 rings (SSSR count). The van der Waals surface area contributed by atoms with Gasteiger partial charge in [-0.2, -0.15) is 0 Å². The zero-order valence-corrected chi connectivity index (χ0v) is 12.0. The van der Waals surface area contributed by atoms with Crippen molar-refractivity contribution in [2.45, 2.75) is 17.6 Å². The number of carboxylic acid groups (broad SMARTS) is 1. The number of benzene rings is 2. The van der Waals surface area contributed by atoms with Gasteiger partial charge in [0.05, 0.1) is 10.6 Å². The molecule has 0 bridgehead atoms. The fourth-order valence-corrected chi connectivity index (χ4v) is 3.02. The number of halogens is 1. The van der Waals surface area contributed by atoms with Crippen LogP contribution in [0.4, 0.5) is 0 Å². The lowest BCUT2D eigenvalue weighted by Crippen LogP contribution is -1.98. The van der Waals surface area contributed by atoms with Gasteiger partial charge in [0.1, 0.15) is 0 Å². The van der Waals surface area contributed by atoms with Gasteiger partial charge in [-0.05, 0) is 42.3 Å². The van der Waals surface area contributed by atoms with Crippen LogP contribution >= 0.6 is 23.4 Å². The average Bonchev–Trinajstić information content (AvgIpc) is 2.39. The van der Waals surface area contributed by atoms with Gasteiger partial charge in [0.2, 0.25) is 0 Å². The van der Waals surface area contributed by atoms with Crippen molar-refractivity contribution >= 4 is 29.3 Å². The molecule has 2 nitrogen and oxygen atoms in total. The van der Waals surface area contributed by atoms with Gasteiger partial charge < -0.3 is 5.11 Å². The Hall–Kier alpha value is -1.45. The lowest BCUT2D eigenvalue weighted by atomic mass is 10.1. The third kappa shape index (κ3) is 3.52. The molecule has 0 heterocycles. The highest BCUT2D eigenvalue weighted by atomic mass is 35.5. The maximum absolute atomic E-state index is 10.9. The van der Waals surface area contributed by atoms with E-state index in [9.17, 15) is 4.79 Å². The number of aryl methyl sites for hydroxylation is 1. The van der Waals surface area contributed by atoms with Crippen molar-refractivity contribution in [3.05, 3.63) is 64.2 Å². The number of carboxylic acids is 1. The molecule has 2 aromatic carbocycles.